The Hall–Kier alpha value is -3.14. The highest BCUT2D eigenvalue weighted by Crippen LogP contribution is 2.19. The highest BCUT2D eigenvalue weighted by molar-refractivity contribution is 6.07. The number of aryl methyl sites for hydroxylation is 1. The number of carbonyl (C=O) groups excluding carboxylic acids is 1. The van der Waals surface area contributed by atoms with Gasteiger partial charge in [0, 0.05) is 12.0 Å². The standard InChI is InChI=1S/C21H19NO3/c1-14-7-2-3-9-16(14)13-19(21(24)25)22-20(23)18-12-6-10-15-8-4-5-11-17(15)18/h2-12,19H,13H2,1H3,(H,22,23)(H,24,25)/t19-/m1/s1. The van der Waals surface area contributed by atoms with Crippen LogP contribution in [0.3, 0.4) is 0 Å². The minimum atomic E-state index is -1.04. The molecule has 0 fully saturated rings. The molecule has 3 rings (SSSR count). The molecule has 0 bridgehead atoms. The second-order valence-electron chi connectivity index (χ2n) is 6.02. The fourth-order valence-electron chi connectivity index (χ4n) is 2.92. The quantitative estimate of drug-likeness (QED) is 0.750. The van der Waals surface area contributed by atoms with Crippen molar-refractivity contribution >= 4 is 22.6 Å². The zero-order chi connectivity index (χ0) is 17.8. The third-order valence-electron chi connectivity index (χ3n) is 4.32. The molecule has 2 N–H and O–H groups in total. The molecule has 0 radical (unpaired) electrons. The van der Waals surface area contributed by atoms with Crippen LogP contribution in [0.4, 0.5) is 0 Å². The van der Waals surface area contributed by atoms with Crippen LogP contribution in [-0.2, 0) is 11.2 Å². The Morgan fingerprint density at radius 3 is 2.40 bits per heavy atom. The minimum absolute atomic E-state index is 0.249. The molecule has 0 spiro atoms. The van der Waals surface area contributed by atoms with Crippen molar-refractivity contribution in [2.45, 2.75) is 19.4 Å². The lowest BCUT2D eigenvalue weighted by molar-refractivity contribution is -0.139. The van der Waals surface area contributed by atoms with Crippen LogP contribution in [0.2, 0.25) is 0 Å². The number of amides is 1. The maximum atomic E-state index is 12.7. The summed E-state index contributed by atoms with van der Waals surface area (Å²) in [6.07, 6.45) is 0.249. The number of benzene rings is 3. The molecule has 4 heteroatoms. The summed E-state index contributed by atoms with van der Waals surface area (Å²) in [5.74, 6) is -1.42. The van der Waals surface area contributed by atoms with E-state index in [9.17, 15) is 14.7 Å². The zero-order valence-electron chi connectivity index (χ0n) is 13.9. The van der Waals surface area contributed by atoms with Gasteiger partial charge in [0.15, 0.2) is 0 Å². The van der Waals surface area contributed by atoms with Crippen LogP contribution in [-0.4, -0.2) is 23.0 Å². The van der Waals surface area contributed by atoms with Crippen molar-refractivity contribution in [3.05, 3.63) is 83.4 Å². The number of carboxylic acid groups (broad SMARTS) is 1. The van der Waals surface area contributed by atoms with E-state index in [0.717, 1.165) is 21.9 Å². The third kappa shape index (κ3) is 3.69. The molecular weight excluding hydrogens is 314 g/mol. The topological polar surface area (TPSA) is 66.4 Å². The molecule has 0 heterocycles. The molecule has 0 aromatic heterocycles. The van der Waals surface area contributed by atoms with E-state index in [1.54, 1.807) is 12.1 Å². The molecule has 4 nitrogen and oxygen atoms in total. The van der Waals surface area contributed by atoms with E-state index in [0.29, 0.717) is 5.56 Å². The minimum Gasteiger partial charge on any atom is -0.480 e. The third-order valence-corrected chi connectivity index (χ3v) is 4.32. The predicted octanol–water partition coefficient (Wildman–Crippen LogP) is 3.57. The average molecular weight is 333 g/mol. The number of carbonyl (C=O) groups is 2. The maximum Gasteiger partial charge on any atom is 0.326 e. The normalized spacial score (nSPS) is 11.9. The van der Waals surface area contributed by atoms with Gasteiger partial charge in [-0.25, -0.2) is 4.79 Å². The molecule has 1 atom stereocenters. The Morgan fingerprint density at radius 1 is 0.960 bits per heavy atom. The molecule has 25 heavy (non-hydrogen) atoms. The Balaban J connectivity index is 1.86. The van der Waals surface area contributed by atoms with Crippen molar-refractivity contribution < 1.29 is 14.7 Å². The number of hydrogen-bond acceptors (Lipinski definition) is 2. The maximum absolute atomic E-state index is 12.7. The SMILES string of the molecule is Cc1ccccc1C[C@@H](NC(=O)c1cccc2ccccc12)C(=O)O. The van der Waals surface area contributed by atoms with Gasteiger partial charge >= 0.3 is 5.97 Å². The number of aliphatic carboxylic acids is 1. The number of rotatable bonds is 5. The molecular formula is C21H19NO3. The summed E-state index contributed by atoms with van der Waals surface area (Å²) in [4.78, 5) is 24.3. The average Bonchev–Trinajstić information content (AvgIpc) is 2.62. The van der Waals surface area contributed by atoms with Crippen molar-refractivity contribution in [2.75, 3.05) is 0 Å². The van der Waals surface area contributed by atoms with Gasteiger partial charge < -0.3 is 10.4 Å². The monoisotopic (exact) mass is 333 g/mol. The molecule has 0 aliphatic carbocycles. The van der Waals surface area contributed by atoms with E-state index in [4.69, 9.17) is 0 Å². The Morgan fingerprint density at radius 2 is 1.64 bits per heavy atom. The van der Waals surface area contributed by atoms with Crippen molar-refractivity contribution in [3.63, 3.8) is 0 Å². The van der Waals surface area contributed by atoms with Crippen LogP contribution in [0.15, 0.2) is 66.7 Å². The van der Waals surface area contributed by atoms with E-state index in [1.165, 1.54) is 0 Å². The Labute approximate surface area is 146 Å². The zero-order valence-corrected chi connectivity index (χ0v) is 13.9. The van der Waals surface area contributed by atoms with Gasteiger partial charge in [0.2, 0.25) is 0 Å². The van der Waals surface area contributed by atoms with Crippen LogP contribution in [0, 0.1) is 6.92 Å². The van der Waals surface area contributed by atoms with Gasteiger partial charge in [0.25, 0.3) is 5.91 Å². The molecule has 0 saturated carbocycles. The molecule has 0 aliphatic rings. The van der Waals surface area contributed by atoms with Crippen molar-refractivity contribution in [3.8, 4) is 0 Å². The van der Waals surface area contributed by atoms with E-state index >= 15 is 0 Å². The predicted molar refractivity (Wildman–Crippen MR) is 97.7 cm³/mol. The van der Waals surface area contributed by atoms with Gasteiger partial charge in [0.1, 0.15) is 6.04 Å². The van der Waals surface area contributed by atoms with Gasteiger partial charge in [-0.1, -0.05) is 60.7 Å². The van der Waals surface area contributed by atoms with Crippen LogP contribution in [0.1, 0.15) is 21.5 Å². The summed E-state index contributed by atoms with van der Waals surface area (Å²) < 4.78 is 0. The second-order valence-corrected chi connectivity index (χ2v) is 6.02. The van der Waals surface area contributed by atoms with Gasteiger partial charge in [-0.05, 0) is 34.9 Å². The molecule has 126 valence electrons. The van der Waals surface area contributed by atoms with Crippen LogP contribution >= 0.6 is 0 Å². The van der Waals surface area contributed by atoms with Crippen molar-refractivity contribution in [2.24, 2.45) is 0 Å². The molecule has 0 saturated heterocycles. The fraction of sp³-hybridized carbons (Fsp3) is 0.143. The van der Waals surface area contributed by atoms with Crippen LogP contribution in [0.25, 0.3) is 10.8 Å². The summed E-state index contributed by atoms with van der Waals surface area (Å²) in [5.41, 5.74) is 2.40. The van der Waals surface area contributed by atoms with E-state index in [2.05, 4.69) is 5.32 Å². The Bertz CT molecular complexity index is 928. The van der Waals surface area contributed by atoms with Crippen molar-refractivity contribution in [1.29, 1.82) is 0 Å². The van der Waals surface area contributed by atoms with Gasteiger partial charge in [-0.3, -0.25) is 4.79 Å². The first-order valence-electron chi connectivity index (χ1n) is 8.12. The van der Waals surface area contributed by atoms with E-state index in [-0.39, 0.29) is 12.3 Å². The van der Waals surface area contributed by atoms with Gasteiger partial charge in [-0.2, -0.15) is 0 Å². The molecule has 0 unspecified atom stereocenters. The molecule has 1 amide bonds. The highest BCUT2D eigenvalue weighted by Gasteiger charge is 2.22. The largest absolute Gasteiger partial charge is 0.480 e. The number of carboxylic acids is 1. The first kappa shape index (κ1) is 16.7. The first-order valence-corrected chi connectivity index (χ1v) is 8.12. The smallest absolute Gasteiger partial charge is 0.326 e. The lowest BCUT2D eigenvalue weighted by Gasteiger charge is -2.16. The Kier molecular flexibility index (Phi) is 4.80. The van der Waals surface area contributed by atoms with Crippen LogP contribution < -0.4 is 5.32 Å². The van der Waals surface area contributed by atoms with Gasteiger partial charge in [0.05, 0.1) is 0 Å². The molecule has 3 aromatic carbocycles. The van der Waals surface area contributed by atoms with Crippen molar-refractivity contribution in [1.82, 2.24) is 5.32 Å². The fourth-order valence-corrected chi connectivity index (χ4v) is 2.92. The highest BCUT2D eigenvalue weighted by atomic mass is 16.4. The summed E-state index contributed by atoms with van der Waals surface area (Å²) in [5, 5.41) is 13.9. The van der Waals surface area contributed by atoms with E-state index < -0.39 is 12.0 Å². The lowest BCUT2D eigenvalue weighted by Crippen LogP contribution is -2.42. The number of nitrogens with one attached hydrogen (secondary N) is 1. The van der Waals surface area contributed by atoms with E-state index in [1.807, 2.05) is 61.5 Å². The number of hydrogen-bond donors (Lipinski definition) is 2. The first-order chi connectivity index (χ1) is 12.1. The van der Waals surface area contributed by atoms with Crippen LogP contribution in [0.5, 0.6) is 0 Å². The lowest BCUT2D eigenvalue weighted by atomic mass is 10.00. The summed E-state index contributed by atoms with van der Waals surface area (Å²) in [6, 6.07) is 19.6. The number of fused-ring (bicyclic) bond motifs is 1. The summed E-state index contributed by atoms with van der Waals surface area (Å²) in [7, 11) is 0. The van der Waals surface area contributed by atoms with Gasteiger partial charge in [-0.15, -0.1) is 0 Å². The summed E-state index contributed by atoms with van der Waals surface area (Å²) >= 11 is 0. The molecule has 0 aliphatic heterocycles. The second kappa shape index (κ2) is 7.18. The molecule has 3 aromatic rings. The summed E-state index contributed by atoms with van der Waals surface area (Å²) in [6.45, 7) is 1.93.